The molecule has 0 aliphatic carbocycles. The summed E-state index contributed by atoms with van der Waals surface area (Å²) >= 11 is 1.46. The zero-order valence-corrected chi connectivity index (χ0v) is 10.4. The van der Waals surface area contributed by atoms with Crippen LogP contribution in [0.2, 0.25) is 0 Å². The Labute approximate surface area is 104 Å². The average Bonchev–Trinajstić information content (AvgIpc) is 2.78. The lowest BCUT2D eigenvalue weighted by molar-refractivity contribution is -0.688. The molecule has 4 heteroatoms. The molecule has 17 heavy (non-hydrogen) atoms. The molecule has 0 saturated heterocycles. The van der Waals surface area contributed by atoms with Crippen LogP contribution in [0.3, 0.4) is 0 Å². The quantitative estimate of drug-likeness (QED) is 0.664. The second kappa shape index (κ2) is 5.21. The molecule has 0 aliphatic heterocycles. The summed E-state index contributed by atoms with van der Waals surface area (Å²) in [5.41, 5.74) is 0.697. The third kappa shape index (κ3) is 2.78. The van der Waals surface area contributed by atoms with Crippen molar-refractivity contribution in [2.45, 2.75) is 19.6 Å². The average molecular weight is 248 g/mol. The van der Waals surface area contributed by atoms with E-state index in [1.807, 2.05) is 29.8 Å². The van der Waals surface area contributed by atoms with Crippen LogP contribution in [0.25, 0.3) is 0 Å². The summed E-state index contributed by atoms with van der Waals surface area (Å²) in [5.74, 6) is 0.0518. The van der Waals surface area contributed by atoms with E-state index in [1.54, 1.807) is 23.6 Å². The highest BCUT2D eigenvalue weighted by atomic mass is 32.1. The van der Waals surface area contributed by atoms with E-state index in [0.29, 0.717) is 5.56 Å². The molecule has 0 saturated carbocycles. The molecule has 88 valence electrons. The molecule has 1 N–H and O–H groups in total. The maximum atomic E-state index is 12.0. The van der Waals surface area contributed by atoms with Crippen LogP contribution in [-0.4, -0.2) is 10.9 Å². The van der Waals surface area contributed by atoms with Gasteiger partial charge in [-0.3, -0.25) is 4.79 Å². The first kappa shape index (κ1) is 12.0. The first-order valence-corrected chi connectivity index (χ1v) is 6.29. The number of thiazole rings is 1. The zero-order valence-electron chi connectivity index (χ0n) is 9.54. The van der Waals surface area contributed by atoms with Crippen molar-refractivity contribution in [2.75, 3.05) is 0 Å². The van der Waals surface area contributed by atoms with Gasteiger partial charge in [0.1, 0.15) is 6.10 Å². The Morgan fingerprint density at radius 2 is 2.12 bits per heavy atom. The summed E-state index contributed by atoms with van der Waals surface area (Å²) in [4.78, 5) is 12.0. The molecule has 0 radical (unpaired) electrons. The van der Waals surface area contributed by atoms with Gasteiger partial charge in [-0.15, -0.1) is 0 Å². The molecule has 0 bridgehead atoms. The minimum atomic E-state index is -0.543. The van der Waals surface area contributed by atoms with E-state index < -0.39 is 6.10 Å². The first-order chi connectivity index (χ1) is 8.18. The van der Waals surface area contributed by atoms with E-state index in [9.17, 15) is 9.90 Å². The van der Waals surface area contributed by atoms with Gasteiger partial charge in [-0.1, -0.05) is 41.7 Å². The van der Waals surface area contributed by atoms with Crippen molar-refractivity contribution >= 4 is 17.1 Å². The van der Waals surface area contributed by atoms with Gasteiger partial charge in [-0.05, 0) is 6.92 Å². The molecule has 1 aromatic carbocycles. The number of aromatic nitrogens is 1. The molecular formula is C13H14NO2S+. The Morgan fingerprint density at radius 3 is 2.76 bits per heavy atom. The number of nitrogens with zero attached hydrogens (tertiary/aromatic N) is 1. The van der Waals surface area contributed by atoms with Crippen molar-refractivity contribution < 1.29 is 14.5 Å². The highest BCUT2D eigenvalue weighted by Gasteiger charge is 2.20. The topological polar surface area (TPSA) is 41.2 Å². The van der Waals surface area contributed by atoms with Gasteiger partial charge in [-0.2, -0.15) is 4.57 Å². The van der Waals surface area contributed by atoms with E-state index in [0.717, 1.165) is 5.01 Å². The zero-order chi connectivity index (χ0) is 12.3. The molecule has 2 rings (SSSR count). The summed E-state index contributed by atoms with van der Waals surface area (Å²) in [6.45, 7) is 1.98. The second-order valence-electron chi connectivity index (χ2n) is 3.83. The fourth-order valence-corrected chi connectivity index (χ4v) is 2.46. The van der Waals surface area contributed by atoms with Gasteiger partial charge in [0.05, 0.1) is 5.38 Å². The Balaban J connectivity index is 2.16. The lowest BCUT2D eigenvalue weighted by atomic mass is 10.1. The third-order valence-electron chi connectivity index (χ3n) is 2.48. The normalized spacial score (nSPS) is 12.4. The predicted molar refractivity (Wildman–Crippen MR) is 65.9 cm³/mol. The number of benzene rings is 1. The van der Waals surface area contributed by atoms with E-state index in [-0.39, 0.29) is 12.3 Å². The van der Waals surface area contributed by atoms with Crippen molar-refractivity contribution in [3.8, 4) is 0 Å². The molecule has 3 nitrogen and oxygen atoms in total. The third-order valence-corrected chi connectivity index (χ3v) is 3.55. The molecule has 1 heterocycles. The monoisotopic (exact) mass is 248 g/mol. The SMILES string of the molecule is CC(O)c1scc[n+]1CC(=O)c1ccccc1. The van der Waals surface area contributed by atoms with E-state index in [1.165, 1.54) is 11.3 Å². The molecule has 0 spiro atoms. The lowest BCUT2D eigenvalue weighted by Crippen LogP contribution is -2.40. The molecule has 2 aromatic rings. The molecular weight excluding hydrogens is 234 g/mol. The van der Waals surface area contributed by atoms with Crippen LogP contribution in [0.5, 0.6) is 0 Å². The predicted octanol–water partition coefficient (Wildman–Crippen LogP) is 1.97. The molecule has 1 aromatic heterocycles. The Hall–Kier alpha value is -1.52. The Bertz CT molecular complexity index is 505. The summed E-state index contributed by atoms with van der Waals surface area (Å²) in [7, 11) is 0. The molecule has 1 unspecified atom stereocenters. The number of aliphatic hydroxyl groups is 1. The van der Waals surface area contributed by atoms with Gasteiger partial charge in [0.2, 0.25) is 12.3 Å². The smallest absolute Gasteiger partial charge is 0.266 e. The number of carbonyl (C=O) groups excluding carboxylic acids is 1. The number of aliphatic hydroxyl groups excluding tert-OH is 1. The Kier molecular flexibility index (Phi) is 3.66. The van der Waals surface area contributed by atoms with Crippen LogP contribution >= 0.6 is 11.3 Å². The van der Waals surface area contributed by atoms with Crippen LogP contribution in [0.1, 0.15) is 28.4 Å². The summed E-state index contributed by atoms with van der Waals surface area (Å²) in [6.07, 6.45) is 1.28. The van der Waals surface area contributed by atoms with Crippen molar-refractivity contribution in [1.29, 1.82) is 0 Å². The van der Waals surface area contributed by atoms with Crippen LogP contribution in [0.4, 0.5) is 0 Å². The van der Waals surface area contributed by atoms with Crippen molar-refractivity contribution in [2.24, 2.45) is 0 Å². The number of hydrogen-bond donors (Lipinski definition) is 1. The van der Waals surface area contributed by atoms with Crippen molar-refractivity contribution in [1.82, 2.24) is 0 Å². The highest BCUT2D eigenvalue weighted by molar-refractivity contribution is 7.09. The maximum absolute atomic E-state index is 12.0. The number of Topliss-reactive ketones (excluding diaryl/α,β-unsaturated/α-hetero) is 1. The van der Waals surface area contributed by atoms with E-state index in [4.69, 9.17) is 0 Å². The molecule has 0 aliphatic rings. The molecule has 1 atom stereocenters. The van der Waals surface area contributed by atoms with Crippen LogP contribution in [-0.2, 0) is 6.54 Å². The van der Waals surface area contributed by atoms with Gasteiger partial charge in [0, 0.05) is 5.56 Å². The van der Waals surface area contributed by atoms with Gasteiger partial charge < -0.3 is 5.11 Å². The number of hydrogen-bond acceptors (Lipinski definition) is 3. The number of ketones is 1. The van der Waals surface area contributed by atoms with Crippen molar-refractivity contribution in [3.63, 3.8) is 0 Å². The Morgan fingerprint density at radius 1 is 1.41 bits per heavy atom. The lowest BCUT2D eigenvalue weighted by Gasteiger charge is -2.00. The second-order valence-corrected chi connectivity index (χ2v) is 4.76. The summed E-state index contributed by atoms with van der Waals surface area (Å²) in [5, 5.41) is 12.2. The largest absolute Gasteiger partial charge is 0.381 e. The number of rotatable bonds is 4. The van der Waals surface area contributed by atoms with Crippen LogP contribution < -0.4 is 4.57 Å². The first-order valence-electron chi connectivity index (χ1n) is 5.41. The van der Waals surface area contributed by atoms with Crippen LogP contribution in [0.15, 0.2) is 41.9 Å². The van der Waals surface area contributed by atoms with Gasteiger partial charge in [0.15, 0.2) is 6.20 Å². The molecule has 0 amide bonds. The van der Waals surface area contributed by atoms with E-state index in [2.05, 4.69) is 0 Å². The molecule has 0 fully saturated rings. The van der Waals surface area contributed by atoms with Gasteiger partial charge >= 0.3 is 0 Å². The fourth-order valence-electron chi connectivity index (χ4n) is 1.65. The maximum Gasteiger partial charge on any atom is 0.266 e. The minimum absolute atomic E-state index is 0.0518. The standard InChI is InChI=1S/C13H14NO2S/c1-10(15)13-14(7-8-17-13)9-12(16)11-5-3-2-4-6-11/h2-8,10,15H,9H2,1H3/q+1. The van der Waals surface area contributed by atoms with Crippen LogP contribution in [0, 0.1) is 0 Å². The van der Waals surface area contributed by atoms with Gasteiger partial charge in [-0.25, -0.2) is 0 Å². The van der Waals surface area contributed by atoms with Crippen molar-refractivity contribution in [3.05, 3.63) is 52.5 Å². The van der Waals surface area contributed by atoms with E-state index >= 15 is 0 Å². The van der Waals surface area contributed by atoms with Gasteiger partial charge in [0.25, 0.3) is 5.01 Å². The number of carbonyl (C=O) groups is 1. The summed E-state index contributed by atoms with van der Waals surface area (Å²) < 4.78 is 1.80. The summed E-state index contributed by atoms with van der Waals surface area (Å²) in [6, 6.07) is 9.19. The minimum Gasteiger partial charge on any atom is -0.381 e. The fraction of sp³-hybridized carbons (Fsp3) is 0.231. The highest BCUT2D eigenvalue weighted by Crippen LogP contribution is 2.13.